The largest absolute Gasteiger partial charge is 0.442 e. The molecule has 0 bridgehead atoms. The Balaban J connectivity index is 2.20. The minimum atomic E-state index is -0.125. The first-order chi connectivity index (χ1) is 8.16. The molecule has 2 rings (SSSR count). The lowest BCUT2D eigenvalue weighted by Crippen LogP contribution is -2.19. The van der Waals surface area contributed by atoms with Crippen molar-refractivity contribution in [1.29, 1.82) is 0 Å². The Morgan fingerprint density at radius 1 is 1.47 bits per heavy atom. The molecule has 2 aromatic rings. The molecule has 0 aliphatic rings. The Bertz CT molecular complexity index is 508. The van der Waals surface area contributed by atoms with Crippen molar-refractivity contribution in [3.63, 3.8) is 0 Å². The maximum absolute atomic E-state index is 11.5. The summed E-state index contributed by atoms with van der Waals surface area (Å²) in [6.07, 6.45) is 4.43. The molecule has 1 amide bonds. The summed E-state index contributed by atoms with van der Waals surface area (Å²) in [4.78, 5) is 23.4. The molecule has 1 N–H and O–H groups in total. The molecule has 0 atom stereocenters. The van der Waals surface area contributed by atoms with Crippen LogP contribution in [0.4, 0.5) is 5.95 Å². The van der Waals surface area contributed by atoms with Crippen LogP contribution in [0.3, 0.4) is 0 Å². The maximum Gasteiger partial charge on any atom is 0.230 e. The average molecular weight is 232 g/mol. The molecule has 0 saturated heterocycles. The summed E-state index contributed by atoms with van der Waals surface area (Å²) in [6, 6.07) is 1.69. The summed E-state index contributed by atoms with van der Waals surface area (Å²) in [5.41, 5.74) is 0.580. The van der Waals surface area contributed by atoms with E-state index < -0.39 is 0 Å². The van der Waals surface area contributed by atoms with Crippen molar-refractivity contribution in [3.8, 4) is 11.5 Å². The summed E-state index contributed by atoms with van der Waals surface area (Å²) in [6.45, 7) is 3.60. The fourth-order valence-electron chi connectivity index (χ4n) is 1.15. The Morgan fingerprint density at radius 3 is 2.94 bits per heavy atom. The second kappa shape index (κ2) is 4.73. The van der Waals surface area contributed by atoms with Gasteiger partial charge in [-0.25, -0.2) is 15.0 Å². The second-order valence-electron chi connectivity index (χ2n) is 3.78. The van der Waals surface area contributed by atoms with Crippen LogP contribution in [0, 0.1) is 5.92 Å². The quantitative estimate of drug-likeness (QED) is 0.871. The number of carbonyl (C=O) groups is 1. The molecule has 0 radical (unpaired) electrons. The van der Waals surface area contributed by atoms with E-state index in [9.17, 15) is 4.79 Å². The number of aromatic nitrogens is 3. The maximum atomic E-state index is 11.5. The summed E-state index contributed by atoms with van der Waals surface area (Å²) >= 11 is 0. The molecule has 2 heterocycles. The predicted octanol–water partition coefficient (Wildman–Crippen LogP) is 1.73. The number of carbonyl (C=O) groups excluding carboxylic acids is 1. The topological polar surface area (TPSA) is 80.9 Å². The van der Waals surface area contributed by atoms with E-state index in [2.05, 4.69) is 20.3 Å². The van der Waals surface area contributed by atoms with Gasteiger partial charge >= 0.3 is 0 Å². The van der Waals surface area contributed by atoms with Gasteiger partial charge in [-0.15, -0.1) is 0 Å². The first-order valence-electron chi connectivity index (χ1n) is 5.19. The van der Waals surface area contributed by atoms with E-state index in [0.717, 1.165) is 0 Å². The first-order valence-corrected chi connectivity index (χ1v) is 5.19. The smallest absolute Gasteiger partial charge is 0.230 e. The van der Waals surface area contributed by atoms with Crippen molar-refractivity contribution in [3.05, 3.63) is 24.9 Å². The Kier molecular flexibility index (Phi) is 3.13. The molecule has 0 aliphatic carbocycles. The summed E-state index contributed by atoms with van der Waals surface area (Å²) in [7, 11) is 0. The number of amides is 1. The van der Waals surface area contributed by atoms with Gasteiger partial charge in [-0.1, -0.05) is 13.8 Å². The van der Waals surface area contributed by atoms with Crippen LogP contribution < -0.4 is 5.32 Å². The van der Waals surface area contributed by atoms with E-state index in [-0.39, 0.29) is 17.8 Å². The molecule has 88 valence electrons. The Morgan fingerprint density at radius 2 is 2.29 bits per heavy atom. The summed E-state index contributed by atoms with van der Waals surface area (Å²) in [5, 5.41) is 2.62. The zero-order valence-electron chi connectivity index (χ0n) is 9.54. The normalized spacial score (nSPS) is 10.5. The molecule has 0 saturated carbocycles. The van der Waals surface area contributed by atoms with Gasteiger partial charge in [0.15, 0.2) is 12.2 Å². The van der Waals surface area contributed by atoms with Gasteiger partial charge in [-0.3, -0.25) is 10.1 Å². The lowest BCUT2D eigenvalue weighted by Gasteiger charge is -2.06. The molecule has 0 unspecified atom stereocenters. The number of oxazole rings is 1. The van der Waals surface area contributed by atoms with Gasteiger partial charge in [-0.2, -0.15) is 0 Å². The summed E-state index contributed by atoms with van der Waals surface area (Å²) < 4.78 is 5.11. The van der Waals surface area contributed by atoms with Crippen LogP contribution in [0.5, 0.6) is 0 Å². The van der Waals surface area contributed by atoms with E-state index in [1.165, 1.54) is 6.39 Å². The highest BCUT2D eigenvalue weighted by Gasteiger charge is 2.10. The van der Waals surface area contributed by atoms with Crippen molar-refractivity contribution in [2.75, 3.05) is 5.32 Å². The van der Waals surface area contributed by atoms with Gasteiger partial charge in [0.05, 0.1) is 6.20 Å². The van der Waals surface area contributed by atoms with E-state index in [4.69, 9.17) is 4.42 Å². The lowest BCUT2D eigenvalue weighted by molar-refractivity contribution is -0.118. The van der Waals surface area contributed by atoms with Crippen LogP contribution in [0.2, 0.25) is 0 Å². The van der Waals surface area contributed by atoms with Gasteiger partial charge in [0, 0.05) is 12.1 Å². The fourth-order valence-corrected chi connectivity index (χ4v) is 1.15. The monoisotopic (exact) mass is 232 g/mol. The van der Waals surface area contributed by atoms with Crippen molar-refractivity contribution >= 4 is 11.9 Å². The zero-order chi connectivity index (χ0) is 12.3. The van der Waals surface area contributed by atoms with Gasteiger partial charge in [0.1, 0.15) is 5.69 Å². The molecule has 0 aliphatic heterocycles. The third kappa shape index (κ3) is 2.66. The van der Waals surface area contributed by atoms with E-state index in [1.54, 1.807) is 32.3 Å². The number of anilines is 1. The molecule has 0 fully saturated rings. The van der Waals surface area contributed by atoms with Crippen molar-refractivity contribution in [2.45, 2.75) is 13.8 Å². The van der Waals surface area contributed by atoms with Crippen LogP contribution in [0.1, 0.15) is 13.8 Å². The van der Waals surface area contributed by atoms with E-state index in [1.807, 2.05) is 0 Å². The number of hydrogen-bond donors (Lipinski definition) is 1. The lowest BCUT2D eigenvalue weighted by atomic mass is 10.2. The third-order valence-electron chi connectivity index (χ3n) is 2.10. The minimum Gasteiger partial charge on any atom is -0.442 e. The number of rotatable bonds is 3. The van der Waals surface area contributed by atoms with E-state index in [0.29, 0.717) is 11.5 Å². The fraction of sp³-hybridized carbons (Fsp3) is 0.273. The number of nitrogens with one attached hydrogen (secondary N) is 1. The Hall–Kier alpha value is -2.24. The molecular weight excluding hydrogens is 220 g/mol. The highest BCUT2D eigenvalue weighted by molar-refractivity contribution is 5.90. The van der Waals surface area contributed by atoms with Crippen LogP contribution in [0.15, 0.2) is 29.3 Å². The van der Waals surface area contributed by atoms with Gasteiger partial charge in [0.25, 0.3) is 0 Å². The van der Waals surface area contributed by atoms with Gasteiger partial charge < -0.3 is 4.42 Å². The highest BCUT2D eigenvalue weighted by Crippen LogP contribution is 2.16. The molecule has 6 heteroatoms. The molecule has 0 aromatic carbocycles. The average Bonchev–Trinajstić information content (AvgIpc) is 2.82. The van der Waals surface area contributed by atoms with Crippen LogP contribution in [0.25, 0.3) is 11.5 Å². The molecular formula is C11H12N4O2. The highest BCUT2D eigenvalue weighted by atomic mass is 16.3. The predicted molar refractivity (Wildman–Crippen MR) is 61.0 cm³/mol. The SMILES string of the molecule is CC(C)C(=O)Nc1nccc(-c2cnco2)n1. The van der Waals surface area contributed by atoms with Gasteiger partial charge in [0.2, 0.25) is 11.9 Å². The Labute approximate surface area is 98.1 Å². The zero-order valence-corrected chi connectivity index (χ0v) is 9.54. The third-order valence-corrected chi connectivity index (χ3v) is 2.10. The van der Waals surface area contributed by atoms with Crippen LogP contribution in [-0.2, 0) is 4.79 Å². The molecule has 6 nitrogen and oxygen atoms in total. The minimum absolute atomic E-state index is 0.118. The van der Waals surface area contributed by atoms with Crippen molar-refractivity contribution in [1.82, 2.24) is 15.0 Å². The number of nitrogens with zero attached hydrogens (tertiary/aromatic N) is 3. The van der Waals surface area contributed by atoms with Crippen LogP contribution >= 0.6 is 0 Å². The molecule has 2 aromatic heterocycles. The van der Waals surface area contributed by atoms with Crippen molar-refractivity contribution in [2.24, 2.45) is 5.92 Å². The first kappa shape index (κ1) is 11.3. The van der Waals surface area contributed by atoms with Crippen molar-refractivity contribution < 1.29 is 9.21 Å². The molecule has 17 heavy (non-hydrogen) atoms. The molecule has 0 spiro atoms. The standard InChI is InChI=1S/C11H12N4O2/c1-7(2)10(16)15-11-13-4-3-8(14-11)9-5-12-6-17-9/h3-7H,1-2H3,(H,13,14,15,16). The number of hydrogen-bond acceptors (Lipinski definition) is 5. The van der Waals surface area contributed by atoms with Gasteiger partial charge in [-0.05, 0) is 6.07 Å². The van der Waals surface area contributed by atoms with Crippen LogP contribution in [-0.4, -0.2) is 20.9 Å². The van der Waals surface area contributed by atoms with E-state index >= 15 is 0 Å². The second-order valence-corrected chi connectivity index (χ2v) is 3.78. The summed E-state index contributed by atoms with van der Waals surface area (Å²) in [5.74, 6) is 0.553.